The first kappa shape index (κ1) is 27.4. The number of carbonyl (C=O) groups is 2. The van der Waals surface area contributed by atoms with E-state index in [2.05, 4.69) is 5.32 Å². The second kappa shape index (κ2) is 12.0. The molecule has 0 bridgehead atoms. The molecule has 2 rings (SSSR count). The predicted molar refractivity (Wildman–Crippen MR) is 137 cm³/mol. The second-order valence-corrected chi connectivity index (χ2v) is 11.0. The summed E-state index contributed by atoms with van der Waals surface area (Å²) in [6.07, 6.45) is 1.49. The topological polar surface area (TPSA) is 86.8 Å². The zero-order valence-corrected chi connectivity index (χ0v) is 21.9. The van der Waals surface area contributed by atoms with Crippen LogP contribution in [0.3, 0.4) is 0 Å². The fraction of sp³-hybridized carbons (Fsp3) is 0.462. The summed E-state index contributed by atoms with van der Waals surface area (Å²) in [5.41, 5.74) is 3.30. The van der Waals surface area contributed by atoms with Crippen molar-refractivity contribution < 1.29 is 18.0 Å². The van der Waals surface area contributed by atoms with Gasteiger partial charge in [-0.05, 0) is 49.4 Å². The van der Waals surface area contributed by atoms with Gasteiger partial charge in [0.2, 0.25) is 21.8 Å². The van der Waals surface area contributed by atoms with Crippen LogP contribution in [-0.2, 0) is 26.2 Å². The Kier molecular flexibility index (Phi) is 9.67. The minimum atomic E-state index is -3.73. The van der Waals surface area contributed by atoms with Gasteiger partial charge in [-0.2, -0.15) is 0 Å². The number of nitrogens with one attached hydrogen (secondary N) is 1. The van der Waals surface area contributed by atoms with E-state index in [9.17, 15) is 18.0 Å². The number of amides is 2. The number of sulfonamides is 1. The summed E-state index contributed by atoms with van der Waals surface area (Å²) in [6.45, 7) is 10.0. The molecule has 7 nitrogen and oxygen atoms in total. The molecule has 0 aliphatic rings. The van der Waals surface area contributed by atoms with Crippen LogP contribution in [0, 0.1) is 19.8 Å². The van der Waals surface area contributed by atoms with Crippen molar-refractivity contribution in [1.82, 2.24) is 10.2 Å². The highest BCUT2D eigenvalue weighted by molar-refractivity contribution is 7.92. The Morgan fingerprint density at radius 1 is 1.00 bits per heavy atom. The molecule has 186 valence electrons. The van der Waals surface area contributed by atoms with Gasteiger partial charge in [-0.1, -0.05) is 62.7 Å². The highest BCUT2D eigenvalue weighted by Crippen LogP contribution is 2.21. The largest absolute Gasteiger partial charge is 0.354 e. The smallest absolute Gasteiger partial charge is 0.244 e. The van der Waals surface area contributed by atoms with E-state index < -0.39 is 22.0 Å². The molecule has 0 aromatic heterocycles. The molecule has 34 heavy (non-hydrogen) atoms. The van der Waals surface area contributed by atoms with Crippen LogP contribution < -0.4 is 9.62 Å². The minimum Gasteiger partial charge on any atom is -0.354 e. The van der Waals surface area contributed by atoms with Gasteiger partial charge in [0.15, 0.2) is 0 Å². The maximum absolute atomic E-state index is 13.6. The average Bonchev–Trinajstić information content (AvgIpc) is 2.77. The summed E-state index contributed by atoms with van der Waals surface area (Å²) in [5.74, 6) is -0.399. The number of hydrogen-bond donors (Lipinski definition) is 1. The molecule has 0 radical (unpaired) electrons. The lowest BCUT2D eigenvalue weighted by atomic mass is 10.1. The van der Waals surface area contributed by atoms with Gasteiger partial charge in [-0.3, -0.25) is 13.9 Å². The maximum atomic E-state index is 13.6. The first-order chi connectivity index (χ1) is 15.9. The third kappa shape index (κ3) is 7.58. The molecule has 8 heteroatoms. The average molecular weight is 488 g/mol. The molecule has 0 heterocycles. The van der Waals surface area contributed by atoms with Crippen molar-refractivity contribution in [3.8, 4) is 0 Å². The number of carbonyl (C=O) groups excluding carboxylic acids is 2. The van der Waals surface area contributed by atoms with E-state index in [1.54, 1.807) is 24.3 Å². The van der Waals surface area contributed by atoms with Crippen LogP contribution in [0.25, 0.3) is 0 Å². The Morgan fingerprint density at radius 2 is 1.62 bits per heavy atom. The molecular weight excluding hydrogens is 450 g/mol. The normalized spacial score (nSPS) is 12.3. The van der Waals surface area contributed by atoms with E-state index in [0.29, 0.717) is 18.7 Å². The third-order valence-electron chi connectivity index (χ3n) is 5.67. The molecule has 0 fully saturated rings. The second-order valence-electron chi connectivity index (χ2n) is 9.12. The summed E-state index contributed by atoms with van der Waals surface area (Å²) in [4.78, 5) is 28.2. The zero-order valence-electron chi connectivity index (χ0n) is 21.0. The quantitative estimate of drug-likeness (QED) is 0.524. The van der Waals surface area contributed by atoms with Gasteiger partial charge in [0, 0.05) is 13.1 Å². The first-order valence-electron chi connectivity index (χ1n) is 11.6. The summed E-state index contributed by atoms with van der Waals surface area (Å²) in [7, 11) is -3.73. The number of rotatable bonds is 11. The molecular formula is C26H37N3O4S. The van der Waals surface area contributed by atoms with Crippen molar-refractivity contribution >= 4 is 27.5 Å². The Balaban J connectivity index is 2.42. The van der Waals surface area contributed by atoms with Crippen molar-refractivity contribution in [2.24, 2.45) is 5.92 Å². The molecule has 2 aromatic carbocycles. The van der Waals surface area contributed by atoms with E-state index in [4.69, 9.17) is 0 Å². The van der Waals surface area contributed by atoms with Gasteiger partial charge >= 0.3 is 0 Å². The zero-order chi connectivity index (χ0) is 25.5. The minimum absolute atomic E-state index is 0.213. The lowest BCUT2D eigenvalue weighted by Crippen LogP contribution is -2.52. The molecule has 0 saturated heterocycles. The van der Waals surface area contributed by atoms with Gasteiger partial charge in [-0.25, -0.2) is 8.42 Å². The third-order valence-corrected chi connectivity index (χ3v) is 6.81. The molecule has 0 saturated carbocycles. The highest BCUT2D eigenvalue weighted by Gasteiger charge is 2.31. The van der Waals surface area contributed by atoms with E-state index in [1.165, 1.54) is 4.90 Å². The van der Waals surface area contributed by atoms with Crippen molar-refractivity contribution in [2.45, 2.75) is 53.6 Å². The lowest BCUT2D eigenvalue weighted by Gasteiger charge is -2.33. The van der Waals surface area contributed by atoms with E-state index in [1.807, 2.05) is 58.9 Å². The van der Waals surface area contributed by atoms with Gasteiger partial charge < -0.3 is 10.2 Å². The maximum Gasteiger partial charge on any atom is 0.244 e. The first-order valence-corrected chi connectivity index (χ1v) is 13.4. The number of hydrogen-bond acceptors (Lipinski definition) is 4. The van der Waals surface area contributed by atoms with Gasteiger partial charge in [0.05, 0.1) is 11.9 Å². The van der Waals surface area contributed by atoms with Crippen molar-refractivity contribution in [1.29, 1.82) is 0 Å². The molecule has 0 aliphatic carbocycles. The lowest BCUT2D eigenvalue weighted by molar-refractivity contribution is -0.140. The number of nitrogens with zero attached hydrogens (tertiary/aromatic N) is 2. The standard InChI is InChI=1S/C26H37N3O4S/c1-7-24(26(31)27-16-19(2)3)28(17-22-11-9-8-10-21(22)5)25(30)18-29(34(6,32)33)23-14-12-20(4)13-15-23/h8-15,19,24H,7,16-18H2,1-6H3,(H,27,31). The Hall–Kier alpha value is -2.87. The fourth-order valence-corrected chi connectivity index (χ4v) is 4.49. The SMILES string of the molecule is CCC(C(=O)NCC(C)C)N(Cc1ccccc1C)C(=O)CN(c1ccc(C)cc1)S(C)(=O)=O. The summed E-state index contributed by atoms with van der Waals surface area (Å²) in [6, 6.07) is 13.9. The van der Waals surface area contributed by atoms with Gasteiger partial charge in [0.25, 0.3) is 0 Å². The molecule has 0 spiro atoms. The van der Waals surface area contributed by atoms with Crippen LogP contribution in [0.15, 0.2) is 48.5 Å². The van der Waals surface area contributed by atoms with Crippen molar-refractivity contribution in [3.63, 3.8) is 0 Å². The fourth-order valence-electron chi connectivity index (χ4n) is 3.64. The molecule has 2 amide bonds. The highest BCUT2D eigenvalue weighted by atomic mass is 32.2. The van der Waals surface area contributed by atoms with Crippen molar-refractivity contribution in [2.75, 3.05) is 23.7 Å². The summed E-state index contributed by atoms with van der Waals surface area (Å²) < 4.78 is 26.3. The van der Waals surface area contributed by atoms with Crippen LogP contribution in [0.2, 0.25) is 0 Å². The number of aryl methyl sites for hydroxylation is 2. The Labute approximate surface area is 204 Å². The van der Waals surface area contributed by atoms with E-state index >= 15 is 0 Å². The van der Waals surface area contributed by atoms with Crippen LogP contribution in [0.1, 0.15) is 43.9 Å². The van der Waals surface area contributed by atoms with E-state index in [-0.39, 0.29) is 24.9 Å². The van der Waals surface area contributed by atoms with E-state index in [0.717, 1.165) is 27.3 Å². The van der Waals surface area contributed by atoms with Gasteiger partial charge in [0.1, 0.15) is 12.6 Å². The van der Waals surface area contributed by atoms with Crippen LogP contribution >= 0.6 is 0 Å². The molecule has 2 aromatic rings. The van der Waals surface area contributed by atoms with Crippen LogP contribution in [-0.4, -0.2) is 50.5 Å². The summed E-state index contributed by atoms with van der Waals surface area (Å²) >= 11 is 0. The van der Waals surface area contributed by atoms with Gasteiger partial charge in [-0.15, -0.1) is 0 Å². The van der Waals surface area contributed by atoms with Crippen molar-refractivity contribution in [3.05, 3.63) is 65.2 Å². The Bertz CT molecular complexity index is 1080. The summed E-state index contributed by atoms with van der Waals surface area (Å²) in [5, 5.41) is 2.93. The molecule has 1 atom stereocenters. The van der Waals surface area contributed by atoms with Crippen LogP contribution in [0.4, 0.5) is 5.69 Å². The molecule has 0 aliphatic heterocycles. The monoisotopic (exact) mass is 487 g/mol. The predicted octanol–water partition coefficient (Wildman–Crippen LogP) is 3.65. The molecule has 1 unspecified atom stereocenters. The number of anilines is 1. The molecule has 1 N–H and O–H groups in total. The number of benzene rings is 2. The van der Waals surface area contributed by atoms with Crippen LogP contribution in [0.5, 0.6) is 0 Å². The Morgan fingerprint density at radius 3 is 2.15 bits per heavy atom.